The van der Waals surface area contributed by atoms with Crippen LogP contribution in [0.1, 0.15) is 38.3 Å². The number of anilines is 1. The third kappa shape index (κ3) is 3.16. The van der Waals surface area contributed by atoms with E-state index >= 15 is 0 Å². The van der Waals surface area contributed by atoms with Gasteiger partial charge in [-0.15, -0.1) is 0 Å². The number of aliphatic hydroxyl groups is 1. The van der Waals surface area contributed by atoms with Crippen molar-refractivity contribution in [1.82, 2.24) is 9.97 Å². The number of hydrogen-bond acceptors (Lipinski definition) is 4. The summed E-state index contributed by atoms with van der Waals surface area (Å²) < 4.78 is 0. The summed E-state index contributed by atoms with van der Waals surface area (Å²) in [5, 5.41) is 8.92. The van der Waals surface area contributed by atoms with Gasteiger partial charge in [-0.1, -0.05) is 19.8 Å². The predicted molar refractivity (Wildman–Crippen MR) is 67.8 cm³/mol. The molecule has 1 aliphatic rings. The van der Waals surface area contributed by atoms with Crippen molar-refractivity contribution >= 4 is 5.82 Å². The van der Waals surface area contributed by atoms with Crippen LogP contribution < -0.4 is 4.90 Å². The largest absolute Gasteiger partial charge is 0.390 e. The Morgan fingerprint density at radius 2 is 2.06 bits per heavy atom. The van der Waals surface area contributed by atoms with Gasteiger partial charge in [0.15, 0.2) is 0 Å². The molecule has 1 N–H and O–H groups in total. The Labute approximate surface area is 103 Å². The van der Waals surface area contributed by atoms with E-state index in [0.29, 0.717) is 5.69 Å². The molecule has 2 heterocycles. The summed E-state index contributed by atoms with van der Waals surface area (Å²) in [5.74, 6) is 1.83. The highest BCUT2D eigenvalue weighted by Gasteiger charge is 2.19. The van der Waals surface area contributed by atoms with Crippen molar-refractivity contribution in [3.63, 3.8) is 0 Å². The fourth-order valence-corrected chi connectivity index (χ4v) is 2.45. The molecule has 4 heteroatoms. The van der Waals surface area contributed by atoms with Gasteiger partial charge in [-0.2, -0.15) is 0 Å². The van der Waals surface area contributed by atoms with Crippen LogP contribution in [0.15, 0.2) is 12.4 Å². The van der Waals surface area contributed by atoms with E-state index in [-0.39, 0.29) is 6.61 Å². The minimum absolute atomic E-state index is 0.0359. The molecule has 1 aliphatic heterocycles. The van der Waals surface area contributed by atoms with Gasteiger partial charge in [0.25, 0.3) is 0 Å². The second-order valence-electron chi connectivity index (χ2n) is 4.74. The van der Waals surface area contributed by atoms with Gasteiger partial charge in [-0.05, 0) is 18.8 Å². The van der Waals surface area contributed by atoms with E-state index in [1.165, 1.54) is 25.7 Å². The first-order valence-corrected chi connectivity index (χ1v) is 6.50. The quantitative estimate of drug-likeness (QED) is 0.867. The lowest BCUT2D eigenvalue weighted by Gasteiger charge is -2.32. The van der Waals surface area contributed by atoms with Crippen molar-refractivity contribution in [2.24, 2.45) is 5.92 Å². The van der Waals surface area contributed by atoms with Crippen molar-refractivity contribution in [3.05, 3.63) is 18.1 Å². The van der Waals surface area contributed by atoms with Crippen LogP contribution in [0, 0.1) is 5.92 Å². The van der Waals surface area contributed by atoms with Gasteiger partial charge in [0.2, 0.25) is 0 Å². The average molecular weight is 235 g/mol. The average Bonchev–Trinajstić information content (AvgIpc) is 2.40. The number of aromatic nitrogens is 2. The molecule has 0 radical (unpaired) electrons. The second-order valence-corrected chi connectivity index (χ2v) is 4.74. The Balaban J connectivity index is 1.91. The van der Waals surface area contributed by atoms with Gasteiger partial charge in [0.1, 0.15) is 5.82 Å². The van der Waals surface area contributed by atoms with Gasteiger partial charge in [0, 0.05) is 13.1 Å². The zero-order valence-electron chi connectivity index (χ0n) is 10.5. The molecule has 17 heavy (non-hydrogen) atoms. The molecule has 1 saturated heterocycles. The smallest absolute Gasteiger partial charge is 0.147 e. The molecule has 0 saturated carbocycles. The molecule has 0 unspecified atom stereocenters. The highest BCUT2D eigenvalue weighted by atomic mass is 16.3. The maximum Gasteiger partial charge on any atom is 0.147 e. The number of rotatable bonds is 4. The highest BCUT2D eigenvalue weighted by molar-refractivity contribution is 5.36. The predicted octanol–water partition coefficient (Wildman–Crippen LogP) is 1.99. The fraction of sp³-hybridized carbons (Fsp3) is 0.692. The van der Waals surface area contributed by atoms with Crippen LogP contribution in [0.3, 0.4) is 0 Å². The van der Waals surface area contributed by atoms with Crippen LogP contribution in [0.5, 0.6) is 0 Å². The molecule has 1 aromatic heterocycles. The molecule has 0 aliphatic carbocycles. The van der Waals surface area contributed by atoms with Crippen LogP contribution >= 0.6 is 0 Å². The minimum atomic E-state index is -0.0359. The summed E-state index contributed by atoms with van der Waals surface area (Å²) in [5.41, 5.74) is 0.634. The molecule has 0 amide bonds. The molecular formula is C13H21N3O. The Bertz CT molecular complexity index is 331. The van der Waals surface area contributed by atoms with E-state index < -0.39 is 0 Å². The summed E-state index contributed by atoms with van der Waals surface area (Å²) >= 11 is 0. The number of aliphatic hydroxyl groups excluding tert-OH is 1. The van der Waals surface area contributed by atoms with E-state index in [1.807, 2.05) is 0 Å². The number of piperidine rings is 1. The van der Waals surface area contributed by atoms with E-state index in [4.69, 9.17) is 5.11 Å². The molecule has 0 atom stereocenters. The van der Waals surface area contributed by atoms with E-state index in [9.17, 15) is 0 Å². The van der Waals surface area contributed by atoms with Crippen molar-refractivity contribution in [2.45, 2.75) is 39.2 Å². The van der Waals surface area contributed by atoms with Crippen LogP contribution in [-0.4, -0.2) is 28.2 Å². The molecule has 1 fully saturated rings. The Hall–Kier alpha value is -1.16. The minimum Gasteiger partial charge on any atom is -0.390 e. The summed E-state index contributed by atoms with van der Waals surface area (Å²) in [6.45, 7) is 4.38. The zero-order valence-corrected chi connectivity index (χ0v) is 10.5. The maximum atomic E-state index is 8.92. The van der Waals surface area contributed by atoms with Crippen LogP contribution in [0.2, 0.25) is 0 Å². The maximum absolute atomic E-state index is 8.92. The zero-order chi connectivity index (χ0) is 12.1. The third-order valence-corrected chi connectivity index (χ3v) is 3.49. The Morgan fingerprint density at radius 3 is 2.59 bits per heavy atom. The van der Waals surface area contributed by atoms with Gasteiger partial charge in [-0.3, -0.25) is 4.98 Å². The normalized spacial score (nSPS) is 17.4. The van der Waals surface area contributed by atoms with E-state index in [0.717, 1.165) is 24.8 Å². The van der Waals surface area contributed by atoms with Crippen LogP contribution in [0.4, 0.5) is 5.82 Å². The van der Waals surface area contributed by atoms with Crippen molar-refractivity contribution in [2.75, 3.05) is 18.0 Å². The molecule has 4 nitrogen and oxygen atoms in total. The highest BCUT2D eigenvalue weighted by Crippen LogP contribution is 2.24. The molecule has 94 valence electrons. The number of hydrogen-bond donors (Lipinski definition) is 1. The van der Waals surface area contributed by atoms with E-state index in [1.54, 1.807) is 12.4 Å². The van der Waals surface area contributed by atoms with Crippen molar-refractivity contribution < 1.29 is 5.11 Å². The van der Waals surface area contributed by atoms with Crippen LogP contribution in [0.25, 0.3) is 0 Å². The number of nitrogens with zero attached hydrogens (tertiary/aromatic N) is 3. The summed E-state index contributed by atoms with van der Waals surface area (Å²) in [6.07, 6.45) is 8.59. The first-order chi connectivity index (χ1) is 8.33. The lowest BCUT2D eigenvalue weighted by atomic mass is 9.92. The Kier molecular flexibility index (Phi) is 4.31. The van der Waals surface area contributed by atoms with Gasteiger partial charge in [-0.25, -0.2) is 4.98 Å². The fourth-order valence-electron chi connectivity index (χ4n) is 2.45. The molecule has 0 bridgehead atoms. The van der Waals surface area contributed by atoms with Gasteiger partial charge < -0.3 is 10.0 Å². The summed E-state index contributed by atoms with van der Waals surface area (Å²) in [7, 11) is 0. The first-order valence-electron chi connectivity index (χ1n) is 6.50. The Morgan fingerprint density at radius 1 is 1.29 bits per heavy atom. The van der Waals surface area contributed by atoms with Crippen molar-refractivity contribution in [1.29, 1.82) is 0 Å². The standard InChI is InChI=1S/C13H21N3O/c1-2-3-11-4-6-16(7-5-11)13-9-14-12(10-17)8-15-13/h8-9,11,17H,2-7,10H2,1H3. The topological polar surface area (TPSA) is 49.2 Å². The lowest BCUT2D eigenvalue weighted by molar-refractivity contribution is 0.276. The van der Waals surface area contributed by atoms with E-state index in [2.05, 4.69) is 21.8 Å². The molecule has 0 spiro atoms. The monoisotopic (exact) mass is 235 g/mol. The first kappa shape index (κ1) is 12.3. The summed E-state index contributed by atoms with van der Waals surface area (Å²) in [4.78, 5) is 10.8. The molecule has 0 aromatic carbocycles. The second kappa shape index (κ2) is 5.96. The SMILES string of the molecule is CCCC1CCN(c2cnc(CO)cn2)CC1. The van der Waals surface area contributed by atoms with Gasteiger partial charge >= 0.3 is 0 Å². The molecule has 1 aromatic rings. The lowest BCUT2D eigenvalue weighted by Crippen LogP contribution is -2.34. The molecule has 2 rings (SSSR count). The summed E-state index contributed by atoms with van der Waals surface area (Å²) in [6, 6.07) is 0. The molecular weight excluding hydrogens is 214 g/mol. The van der Waals surface area contributed by atoms with Crippen LogP contribution in [-0.2, 0) is 6.61 Å². The van der Waals surface area contributed by atoms with Crippen molar-refractivity contribution in [3.8, 4) is 0 Å². The van der Waals surface area contributed by atoms with Gasteiger partial charge in [0.05, 0.1) is 24.7 Å². The third-order valence-electron chi connectivity index (χ3n) is 3.49.